The summed E-state index contributed by atoms with van der Waals surface area (Å²) in [5, 5.41) is 7.35. The zero-order chi connectivity index (χ0) is 15.7. The monoisotopic (exact) mass is 306 g/mol. The van der Waals surface area contributed by atoms with Crippen LogP contribution in [0.5, 0.6) is 0 Å². The predicted molar refractivity (Wildman–Crippen MR) is 84.0 cm³/mol. The Kier molecular flexibility index (Phi) is 4.23. The summed E-state index contributed by atoms with van der Waals surface area (Å²) in [6, 6.07) is 2.28. The van der Waals surface area contributed by atoms with Crippen LogP contribution in [0.15, 0.2) is 10.6 Å². The van der Waals surface area contributed by atoms with Crippen molar-refractivity contribution in [1.29, 1.82) is 0 Å². The van der Waals surface area contributed by atoms with E-state index in [0.29, 0.717) is 11.7 Å². The third-order valence-corrected chi connectivity index (χ3v) is 4.59. The van der Waals surface area contributed by atoms with Crippen molar-refractivity contribution < 1.29 is 9.32 Å². The number of nitrogens with zero attached hydrogens (tertiary/aromatic N) is 3. The molecule has 0 aromatic carbocycles. The molecule has 1 N–H and O–H groups in total. The topological polar surface area (TPSA) is 61.6 Å². The summed E-state index contributed by atoms with van der Waals surface area (Å²) in [4.78, 5) is 17.0. The van der Waals surface area contributed by atoms with Gasteiger partial charge in [0.1, 0.15) is 5.76 Å². The van der Waals surface area contributed by atoms with Crippen molar-refractivity contribution in [3.63, 3.8) is 0 Å². The SMILES string of the molecule is CC(C)(C)c1cc(C(=O)N2CCC(N3CCNCC3)C2)no1. The van der Waals surface area contributed by atoms with E-state index in [1.165, 1.54) is 0 Å². The lowest BCUT2D eigenvalue weighted by molar-refractivity contribution is 0.0763. The molecular formula is C16H26N4O2. The van der Waals surface area contributed by atoms with Gasteiger partial charge in [0.2, 0.25) is 0 Å². The van der Waals surface area contributed by atoms with E-state index in [9.17, 15) is 4.79 Å². The summed E-state index contributed by atoms with van der Waals surface area (Å²) in [7, 11) is 0. The lowest BCUT2D eigenvalue weighted by atomic mass is 9.93. The van der Waals surface area contributed by atoms with E-state index in [4.69, 9.17) is 4.52 Å². The van der Waals surface area contributed by atoms with Crippen LogP contribution in [0.3, 0.4) is 0 Å². The maximum Gasteiger partial charge on any atom is 0.276 e. The highest BCUT2D eigenvalue weighted by molar-refractivity contribution is 5.92. The molecule has 6 nitrogen and oxygen atoms in total. The number of piperazine rings is 1. The highest BCUT2D eigenvalue weighted by Gasteiger charge is 2.33. The van der Waals surface area contributed by atoms with Gasteiger partial charge in [0.25, 0.3) is 5.91 Å². The minimum absolute atomic E-state index is 0.00288. The first kappa shape index (κ1) is 15.5. The number of likely N-dealkylation sites (tertiary alicyclic amines) is 1. The first-order valence-corrected chi connectivity index (χ1v) is 8.16. The Bertz CT molecular complexity index is 528. The van der Waals surface area contributed by atoms with E-state index < -0.39 is 0 Å². The van der Waals surface area contributed by atoms with E-state index in [1.807, 2.05) is 4.90 Å². The zero-order valence-electron chi connectivity index (χ0n) is 13.8. The molecule has 0 bridgehead atoms. The molecule has 0 saturated carbocycles. The minimum atomic E-state index is -0.125. The van der Waals surface area contributed by atoms with Crippen molar-refractivity contribution in [2.75, 3.05) is 39.3 Å². The Labute approximate surface area is 131 Å². The molecule has 1 atom stereocenters. The Balaban J connectivity index is 1.62. The summed E-state index contributed by atoms with van der Waals surface area (Å²) in [5.41, 5.74) is 0.311. The fraction of sp³-hybridized carbons (Fsp3) is 0.750. The van der Waals surface area contributed by atoms with Crippen molar-refractivity contribution in [3.8, 4) is 0 Å². The summed E-state index contributed by atoms with van der Waals surface area (Å²) in [5.74, 6) is 0.755. The standard InChI is InChI=1S/C16H26N4O2/c1-16(2,3)14-10-13(18-22-14)15(21)20-7-4-12(11-20)19-8-5-17-6-9-19/h10,12,17H,4-9,11H2,1-3H3. The van der Waals surface area contributed by atoms with Crippen molar-refractivity contribution in [1.82, 2.24) is 20.3 Å². The average molecular weight is 306 g/mol. The molecule has 1 aromatic rings. The number of hydrogen-bond acceptors (Lipinski definition) is 5. The molecule has 1 unspecified atom stereocenters. The van der Waals surface area contributed by atoms with Crippen molar-refractivity contribution >= 4 is 5.91 Å². The van der Waals surface area contributed by atoms with Gasteiger partial charge in [-0.1, -0.05) is 25.9 Å². The van der Waals surface area contributed by atoms with E-state index in [2.05, 4.69) is 36.1 Å². The van der Waals surface area contributed by atoms with E-state index in [0.717, 1.165) is 51.4 Å². The zero-order valence-corrected chi connectivity index (χ0v) is 13.8. The van der Waals surface area contributed by atoms with Gasteiger partial charge < -0.3 is 14.7 Å². The smallest absolute Gasteiger partial charge is 0.276 e. The molecule has 2 saturated heterocycles. The lowest BCUT2D eigenvalue weighted by Crippen LogP contribution is -2.49. The molecule has 2 aliphatic heterocycles. The quantitative estimate of drug-likeness (QED) is 0.886. The number of hydrogen-bond donors (Lipinski definition) is 1. The van der Waals surface area contributed by atoms with Crippen molar-refractivity contribution in [2.24, 2.45) is 0 Å². The Morgan fingerprint density at radius 3 is 2.68 bits per heavy atom. The number of carbonyl (C=O) groups excluding carboxylic acids is 1. The highest BCUT2D eigenvalue weighted by atomic mass is 16.5. The molecular weight excluding hydrogens is 280 g/mol. The highest BCUT2D eigenvalue weighted by Crippen LogP contribution is 2.24. The van der Waals surface area contributed by atoms with Crippen LogP contribution in [0.25, 0.3) is 0 Å². The van der Waals surface area contributed by atoms with Gasteiger partial charge in [0, 0.05) is 56.8 Å². The predicted octanol–water partition coefficient (Wildman–Crippen LogP) is 1.09. The molecule has 1 aromatic heterocycles. The summed E-state index contributed by atoms with van der Waals surface area (Å²) >= 11 is 0. The number of nitrogens with one attached hydrogen (secondary N) is 1. The normalized spacial score (nSPS) is 24.0. The van der Waals surface area contributed by atoms with Crippen LogP contribution in [0.1, 0.15) is 43.4 Å². The van der Waals surface area contributed by atoms with Gasteiger partial charge in [-0.05, 0) is 6.42 Å². The molecule has 0 spiro atoms. The van der Waals surface area contributed by atoms with Gasteiger partial charge in [-0.15, -0.1) is 0 Å². The first-order valence-electron chi connectivity index (χ1n) is 8.16. The van der Waals surface area contributed by atoms with Crippen LogP contribution in [-0.4, -0.2) is 66.2 Å². The lowest BCUT2D eigenvalue weighted by Gasteiger charge is -2.32. The minimum Gasteiger partial charge on any atom is -0.360 e. The number of carbonyl (C=O) groups is 1. The van der Waals surface area contributed by atoms with Crippen LogP contribution in [-0.2, 0) is 5.41 Å². The Morgan fingerprint density at radius 1 is 1.32 bits per heavy atom. The first-order chi connectivity index (χ1) is 10.4. The van der Waals surface area contributed by atoms with E-state index in [-0.39, 0.29) is 11.3 Å². The summed E-state index contributed by atoms with van der Waals surface area (Å²) in [6.07, 6.45) is 1.05. The van der Waals surface area contributed by atoms with Crippen LogP contribution in [0, 0.1) is 0 Å². The molecule has 3 heterocycles. The second-order valence-electron chi connectivity index (χ2n) is 7.31. The van der Waals surface area contributed by atoms with Gasteiger partial charge in [-0.2, -0.15) is 0 Å². The molecule has 0 radical (unpaired) electrons. The molecule has 2 aliphatic rings. The second kappa shape index (κ2) is 6.01. The van der Waals surface area contributed by atoms with Crippen LogP contribution < -0.4 is 5.32 Å². The molecule has 22 heavy (non-hydrogen) atoms. The summed E-state index contributed by atoms with van der Waals surface area (Å²) < 4.78 is 5.34. The average Bonchev–Trinajstić information content (AvgIpc) is 3.16. The van der Waals surface area contributed by atoms with Crippen molar-refractivity contribution in [3.05, 3.63) is 17.5 Å². The van der Waals surface area contributed by atoms with Gasteiger partial charge in [-0.3, -0.25) is 9.69 Å². The summed E-state index contributed by atoms with van der Waals surface area (Å²) in [6.45, 7) is 12.0. The number of aromatic nitrogens is 1. The molecule has 2 fully saturated rings. The van der Waals surface area contributed by atoms with Crippen LogP contribution in [0.4, 0.5) is 0 Å². The number of amides is 1. The second-order valence-corrected chi connectivity index (χ2v) is 7.31. The molecule has 3 rings (SSSR count). The van der Waals surface area contributed by atoms with E-state index >= 15 is 0 Å². The molecule has 122 valence electrons. The van der Waals surface area contributed by atoms with Crippen LogP contribution >= 0.6 is 0 Å². The number of rotatable bonds is 2. The van der Waals surface area contributed by atoms with Gasteiger partial charge in [-0.25, -0.2) is 0 Å². The largest absolute Gasteiger partial charge is 0.360 e. The maximum absolute atomic E-state index is 12.6. The third kappa shape index (κ3) is 3.17. The van der Waals surface area contributed by atoms with Gasteiger partial charge >= 0.3 is 0 Å². The van der Waals surface area contributed by atoms with E-state index in [1.54, 1.807) is 6.07 Å². The molecule has 6 heteroatoms. The third-order valence-electron chi connectivity index (χ3n) is 4.59. The Morgan fingerprint density at radius 2 is 2.05 bits per heavy atom. The van der Waals surface area contributed by atoms with Gasteiger partial charge in [0.15, 0.2) is 5.69 Å². The van der Waals surface area contributed by atoms with Gasteiger partial charge in [0.05, 0.1) is 0 Å². The maximum atomic E-state index is 12.6. The molecule has 0 aliphatic carbocycles. The fourth-order valence-electron chi connectivity index (χ4n) is 3.16. The fourth-order valence-corrected chi connectivity index (χ4v) is 3.16. The van der Waals surface area contributed by atoms with Crippen molar-refractivity contribution in [2.45, 2.75) is 38.6 Å². The Hall–Kier alpha value is -1.40. The van der Waals surface area contributed by atoms with Crippen LogP contribution in [0.2, 0.25) is 0 Å². The molecule has 1 amide bonds.